The molecule has 0 atom stereocenters. The largest absolute Gasteiger partial charge is 0.329 e. The van der Waals surface area contributed by atoms with Crippen LogP contribution in [0.2, 0.25) is 20.1 Å². The number of nitrogens with zero attached hydrogens (tertiary/aromatic N) is 4. The molecule has 0 aliphatic carbocycles. The standard InChI is InChI=1S/C23H23Cl4N4/c1-6-13(7-22-28(2)18-9-14(24)15(25)10-19(18)29(22)3)8-23-30(4)20-11-16(26)17(27)12-21(20)31(23)5/h7-12H,6H2,1-5H3/q+1. The number of aryl methyl sites for hydroxylation is 2. The molecule has 0 spiro atoms. The van der Waals surface area contributed by atoms with Crippen LogP contribution in [0.4, 0.5) is 11.4 Å². The zero-order valence-electron chi connectivity index (χ0n) is 18.0. The van der Waals surface area contributed by atoms with E-state index in [1.54, 1.807) is 0 Å². The molecule has 0 fully saturated rings. The van der Waals surface area contributed by atoms with Gasteiger partial charge < -0.3 is 9.80 Å². The molecule has 0 unspecified atom stereocenters. The topological polar surface area (TPSA) is 15.3 Å². The van der Waals surface area contributed by atoms with Crippen LogP contribution in [0.1, 0.15) is 19.2 Å². The van der Waals surface area contributed by atoms with Crippen LogP contribution in [0.5, 0.6) is 0 Å². The quantitative estimate of drug-likeness (QED) is 0.369. The van der Waals surface area contributed by atoms with E-state index in [0.717, 1.165) is 40.5 Å². The van der Waals surface area contributed by atoms with Gasteiger partial charge in [-0.15, -0.1) is 0 Å². The summed E-state index contributed by atoms with van der Waals surface area (Å²) in [4.78, 5) is 4.25. The molecule has 2 aromatic carbocycles. The highest BCUT2D eigenvalue weighted by Crippen LogP contribution is 2.44. The summed E-state index contributed by atoms with van der Waals surface area (Å²) in [5, 5.41) is 2.20. The Morgan fingerprint density at radius 3 is 1.94 bits per heavy atom. The number of aromatic nitrogens is 2. The van der Waals surface area contributed by atoms with Gasteiger partial charge in [0.25, 0.3) is 5.82 Å². The van der Waals surface area contributed by atoms with Crippen LogP contribution in [0.3, 0.4) is 0 Å². The minimum atomic E-state index is 0.549. The van der Waals surface area contributed by atoms with Crippen LogP contribution < -0.4 is 14.4 Å². The highest BCUT2D eigenvalue weighted by atomic mass is 35.5. The summed E-state index contributed by atoms with van der Waals surface area (Å²) in [6, 6.07) is 7.62. The number of halogens is 4. The van der Waals surface area contributed by atoms with E-state index >= 15 is 0 Å². The van der Waals surface area contributed by atoms with E-state index in [1.807, 2.05) is 52.5 Å². The number of hydrogen-bond acceptors (Lipinski definition) is 2. The lowest BCUT2D eigenvalue weighted by Gasteiger charge is -2.19. The zero-order valence-corrected chi connectivity index (χ0v) is 21.0. The van der Waals surface area contributed by atoms with Gasteiger partial charge in [0.05, 0.1) is 45.6 Å². The summed E-state index contributed by atoms with van der Waals surface area (Å²) in [7, 11) is 8.14. The molecular weight excluding hydrogens is 474 g/mol. The summed E-state index contributed by atoms with van der Waals surface area (Å²) in [6.45, 7) is 2.15. The van der Waals surface area contributed by atoms with Crippen LogP contribution in [0.15, 0.2) is 41.7 Å². The van der Waals surface area contributed by atoms with Crippen LogP contribution >= 0.6 is 46.4 Å². The van der Waals surface area contributed by atoms with E-state index in [4.69, 9.17) is 46.4 Å². The number of imidazole rings is 1. The van der Waals surface area contributed by atoms with Crippen molar-refractivity contribution in [3.05, 3.63) is 67.7 Å². The molecule has 3 aromatic rings. The second kappa shape index (κ2) is 8.25. The Balaban J connectivity index is 1.81. The number of anilines is 2. The van der Waals surface area contributed by atoms with Crippen molar-refractivity contribution >= 4 is 74.9 Å². The maximum atomic E-state index is 6.26. The molecule has 8 heteroatoms. The average Bonchev–Trinajstić information content (AvgIpc) is 3.08. The van der Waals surface area contributed by atoms with Gasteiger partial charge in [-0.2, -0.15) is 0 Å². The minimum absolute atomic E-state index is 0.549. The summed E-state index contributed by atoms with van der Waals surface area (Å²) < 4.78 is 4.25. The van der Waals surface area contributed by atoms with Crippen molar-refractivity contribution in [1.29, 1.82) is 0 Å². The number of allylic oxidation sites excluding steroid dienone is 2. The predicted octanol–water partition coefficient (Wildman–Crippen LogP) is 6.84. The first kappa shape index (κ1) is 22.3. The van der Waals surface area contributed by atoms with Gasteiger partial charge in [0.1, 0.15) is 5.82 Å². The van der Waals surface area contributed by atoms with Gasteiger partial charge in [-0.25, -0.2) is 9.13 Å². The lowest BCUT2D eigenvalue weighted by Crippen LogP contribution is -2.31. The van der Waals surface area contributed by atoms with Crippen LogP contribution in [0, 0.1) is 0 Å². The minimum Gasteiger partial charge on any atom is -0.329 e. The fourth-order valence-electron chi connectivity index (χ4n) is 4.03. The maximum Gasteiger partial charge on any atom is 0.282 e. The van der Waals surface area contributed by atoms with E-state index in [1.165, 1.54) is 5.57 Å². The summed E-state index contributed by atoms with van der Waals surface area (Å²) in [5.74, 6) is 2.10. The van der Waals surface area contributed by atoms with E-state index in [-0.39, 0.29) is 0 Å². The van der Waals surface area contributed by atoms with Gasteiger partial charge in [0, 0.05) is 32.3 Å². The van der Waals surface area contributed by atoms with Gasteiger partial charge in [0.15, 0.2) is 11.0 Å². The van der Waals surface area contributed by atoms with Crippen LogP contribution in [-0.4, -0.2) is 18.7 Å². The Kier molecular flexibility index (Phi) is 5.95. The second-order valence-corrected chi connectivity index (χ2v) is 9.31. The summed E-state index contributed by atoms with van der Waals surface area (Å²) in [5.41, 5.74) is 5.28. The Morgan fingerprint density at radius 1 is 0.871 bits per heavy atom. The Morgan fingerprint density at radius 2 is 1.39 bits per heavy atom. The number of hydrogen-bond donors (Lipinski definition) is 0. The van der Waals surface area contributed by atoms with Crippen LogP contribution in [0.25, 0.3) is 17.1 Å². The third-order valence-corrected chi connectivity index (χ3v) is 7.34. The third kappa shape index (κ3) is 3.70. The first-order valence-corrected chi connectivity index (χ1v) is 11.4. The van der Waals surface area contributed by atoms with Gasteiger partial charge >= 0.3 is 0 Å². The lowest BCUT2D eigenvalue weighted by molar-refractivity contribution is -0.647. The van der Waals surface area contributed by atoms with E-state index in [0.29, 0.717) is 20.1 Å². The van der Waals surface area contributed by atoms with E-state index in [2.05, 4.69) is 38.0 Å². The van der Waals surface area contributed by atoms with Crippen molar-refractivity contribution < 1.29 is 4.57 Å². The fraction of sp³-hybridized carbons (Fsp3) is 0.261. The first-order valence-electron chi connectivity index (χ1n) is 9.86. The molecule has 2 heterocycles. The molecule has 4 rings (SSSR count). The molecule has 0 amide bonds. The van der Waals surface area contributed by atoms with Crippen molar-refractivity contribution in [2.75, 3.05) is 23.9 Å². The van der Waals surface area contributed by atoms with Gasteiger partial charge in [-0.1, -0.05) is 53.3 Å². The molecule has 162 valence electrons. The van der Waals surface area contributed by atoms with Crippen molar-refractivity contribution in [2.24, 2.45) is 14.1 Å². The molecule has 1 aromatic heterocycles. The SMILES string of the molecule is CC/C(C=C1N(C)c2cc(Cl)c(Cl)cc2N1C)=C/c1n(C)c2cc(Cl)c(Cl)cc2[n+]1C. The molecule has 1 aliphatic heterocycles. The lowest BCUT2D eigenvalue weighted by atomic mass is 10.1. The molecule has 0 bridgehead atoms. The predicted molar refractivity (Wildman–Crippen MR) is 134 cm³/mol. The molecule has 0 saturated heterocycles. The number of rotatable bonds is 3. The van der Waals surface area contributed by atoms with E-state index in [9.17, 15) is 0 Å². The molecule has 4 nitrogen and oxygen atoms in total. The summed E-state index contributed by atoms with van der Waals surface area (Å²) in [6.07, 6.45) is 5.25. The van der Waals surface area contributed by atoms with Crippen molar-refractivity contribution in [3.63, 3.8) is 0 Å². The second-order valence-electron chi connectivity index (χ2n) is 7.68. The Labute approximate surface area is 202 Å². The molecule has 1 aliphatic rings. The van der Waals surface area contributed by atoms with Gasteiger partial charge in [-0.3, -0.25) is 0 Å². The van der Waals surface area contributed by atoms with Crippen molar-refractivity contribution in [1.82, 2.24) is 4.57 Å². The number of benzene rings is 2. The van der Waals surface area contributed by atoms with Crippen molar-refractivity contribution in [2.45, 2.75) is 13.3 Å². The third-order valence-electron chi connectivity index (χ3n) is 5.89. The smallest absolute Gasteiger partial charge is 0.282 e. The Hall–Kier alpha value is -1.85. The maximum absolute atomic E-state index is 6.26. The fourth-order valence-corrected chi connectivity index (χ4v) is 4.67. The monoisotopic (exact) mass is 495 g/mol. The molecule has 0 radical (unpaired) electrons. The molecule has 0 N–H and O–H groups in total. The molecule has 31 heavy (non-hydrogen) atoms. The number of fused-ring (bicyclic) bond motifs is 2. The van der Waals surface area contributed by atoms with Gasteiger partial charge in [0.2, 0.25) is 0 Å². The van der Waals surface area contributed by atoms with Crippen LogP contribution in [-0.2, 0) is 14.1 Å². The zero-order chi connectivity index (χ0) is 22.6. The first-order chi connectivity index (χ1) is 14.6. The normalized spacial score (nSPS) is 14.1. The Bertz CT molecular complexity index is 1190. The molecule has 0 saturated carbocycles. The highest BCUT2D eigenvalue weighted by Gasteiger charge is 2.28. The molecular formula is C23H23Cl4N4+. The van der Waals surface area contributed by atoms with E-state index < -0.39 is 0 Å². The average molecular weight is 497 g/mol. The van der Waals surface area contributed by atoms with Gasteiger partial charge in [-0.05, 0) is 30.2 Å². The summed E-state index contributed by atoms with van der Waals surface area (Å²) >= 11 is 25.0. The van der Waals surface area contributed by atoms with Crippen molar-refractivity contribution in [3.8, 4) is 0 Å². The highest BCUT2D eigenvalue weighted by molar-refractivity contribution is 6.43.